The van der Waals surface area contributed by atoms with Gasteiger partial charge in [0.1, 0.15) is 5.58 Å². The van der Waals surface area contributed by atoms with Gasteiger partial charge in [-0.2, -0.15) is 13.2 Å². The highest BCUT2D eigenvalue weighted by molar-refractivity contribution is 6.56. The molecule has 12 heteroatoms. The third kappa shape index (κ3) is 2.98. The van der Waals surface area contributed by atoms with E-state index < -0.39 is 40.1 Å². The molecule has 0 N–H and O–H groups in total. The van der Waals surface area contributed by atoms with E-state index in [0.717, 1.165) is 18.2 Å². The van der Waals surface area contributed by atoms with Crippen LogP contribution in [0.3, 0.4) is 0 Å². The zero-order valence-electron chi connectivity index (χ0n) is 14.0. The molecule has 0 fully saturated rings. The molecule has 5 nitrogen and oxygen atoms in total. The number of carbonyl (C=O) groups is 2. The normalized spacial score (nSPS) is 14.0. The average molecular weight is 497 g/mol. The number of rotatable bonds is 1. The van der Waals surface area contributed by atoms with Crippen molar-refractivity contribution in [2.24, 2.45) is 0 Å². The van der Waals surface area contributed by atoms with Gasteiger partial charge in [-0.25, -0.2) is 9.69 Å². The Morgan fingerprint density at radius 1 is 0.800 bits per heavy atom. The van der Waals surface area contributed by atoms with Gasteiger partial charge in [0.2, 0.25) is 0 Å². The summed E-state index contributed by atoms with van der Waals surface area (Å²) in [6.45, 7) is 0. The molecule has 0 atom stereocenters. The van der Waals surface area contributed by atoms with Gasteiger partial charge in [-0.05, 0) is 12.1 Å². The SMILES string of the molecule is O=C1c2c(Cl)c(Cl)c(Cl)c(Cl)c2C(=O)N1c1ccc2c(C(F)(F)F)cc(=O)oc2c1. The number of nitrogens with zero attached hydrogens (tertiary/aromatic N) is 1. The van der Waals surface area contributed by atoms with E-state index in [1.807, 2.05) is 0 Å². The van der Waals surface area contributed by atoms with E-state index in [-0.39, 0.29) is 36.9 Å². The van der Waals surface area contributed by atoms with Gasteiger partial charge in [-0.15, -0.1) is 0 Å². The first-order chi connectivity index (χ1) is 13.9. The van der Waals surface area contributed by atoms with Crippen molar-refractivity contribution >= 4 is 74.9 Å². The summed E-state index contributed by atoms with van der Waals surface area (Å²) in [5.74, 6) is -1.84. The molecule has 0 bridgehead atoms. The maximum Gasteiger partial charge on any atom is 0.417 e. The van der Waals surface area contributed by atoms with Crippen molar-refractivity contribution in [3.05, 3.63) is 71.5 Å². The molecule has 1 aromatic heterocycles. The Labute approximate surface area is 184 Å². The van der Waals surface area contributed by atoms with Crippen LogP contribution in [0, 0.1) is 0 Å². The van der Waals surface area contributed by atoms with E-state index in [1.54, 1.807) is 0 Å². The number of halogens is 7. The van der Waals surface area contributed by atoms with Crippen LogP contribution >= 0.6 is 46.4 Å². The Hall–Kier alpha value is -2.26. The number of amides is 2. The number of alkyl halides is 3. The smallest absolute Gasteiger partial charge is 0.417 e. The third-order valence-electron chi connectivity index (χ3n) is 4.39. The van der Waals surface area contributed by atoms with Gasteiger partial charge < -0.3 is 4.42 Å². The first kappa shape index (κ1) is 21.0. The number of hydrogen-bond acceptors (Lipinski definition) is 4. The van der Waals surface area contributed by atoms with E-state index >= 15 is 0 Å². The van der Waals surface area contributed by atoms with Gasteiger partial charge in [0.25, 0.3) is 11.8 Å². The van der Waals surface area contributed by atoms with Crippen LogP contribution in [0.1, 0.15) is 26.3 Å². The predicted molar refractivity (Wildman–Crippen MR) is 105 cm³/mol. The first-order valence-electron chi connectivity index (χ1n) is 7.83. The fourth-order valence-electron chi connectivity index (χ4n) is 3.11. The topological polar surface area (TPSA) is 67.6 Å². The number of imide groups is 1. The highest BCUT2D eigenvalue weighted by atomic mass is 35.5. The van der Waals surface area contributed by atoms with Crippen LogP contribution in [0.5, 0.6) is 0 Å². The lowest BCUT2D eigenvalue weighted by molar-refractivity contribution is -0.136. The minimum absolute atomic E-state index is 0.171. The van der Waals surface area contributed by atoms with Gasteiger partial charge in [0.05, 0.1) is 42.5 Å². The molecule has 1 aliphatic heterocycles. The van der Waals surface area contributed by atoms with E-state index in [1.165, 1.54) is 0 Å². The number of hydrogen-bond donors (Lipinski definition) is 0. The lowest BCUT2D eigenvalue weighted by atomic mass is 10.1. The van der Waals surface area contributed by atoms with Crippen molar-refractivity contribution in [1.29, 1.82) is 0 Å². The molecule has 2 aromatic carbocycles. The summed E-state index contributed by atoms with van der Waals surface area (Å²) in [6, 6.07) is 3.33. The van der Waals surface area contributed by atoms with Crippen molar-refractivity contribution < 1.29 is 27.2 Å². The van der Waals surface area contributed by atoms with E-state index in [0.29, 0.717) is 11.0 Å². The minimum Gasteiger partial charge on any atom is -0.423 e. The largest absolute Gasteiger partial charge is 0.423 e. The number of fused-ring (bicyclic) bond motifs is 2. The lowest BCUT2D eigenvalue weighted by Gasteiger charge is -2.15. The second-order valence-electron chi connectivity index (χ2n) is 6.11. The molecule has 0 saturated carbocycles. The van der Waals surface area contributed by atoms with Crippen LogP contribution in [-0.4, -0.2) is 11.8 Å². The Bertz CT molecular complexity index is 1300. The van der Waals surface area contributed by atoms with Gasteiger partial charge in [-0.1, -0.05) is 46.4 Å². The molecular weight excluding hydrogens is 493 g/mol. The van der Waals surface area contributed by atoms with Crippen molar-refractivity contribution in [2.45, 2.75) is 6.18 Å². The minimum atomic E-state index is -4.82. The molecule has 0 unspecified atom stereocenters. The van der Waals surface area contributed by atoms with Crippen molar-refractivity contribution in [3.8, 4) is 0 Å². The summed E-state index contributed by atoms with van der Waals surface area (Å²) in [7, 11) is 0. The number of benzene rings is 2. The molecule has 2 heterocycles. The standard InChI is InChI=1S/C18H4Cl4F3NO4/c19-12-10-11(13(20)15(22)14(12)21)17(29)26(16(10)28)5-1-2-6-7(18(23,24)25)4-9(27)30-8(6)3-5/h1-4H. The molecular formula is C18H4Cl4F3NO4. The molecule has 0 saturated heterocycles. The number of carbonyl (C=O) groups excluding carboxylic acids is 2. The molecule has 0 aliphatic carbocycles. The molecule has 1 aliphatic rings. The molecule has 4 rings (SSSR count). The maximum absolute atomic E-state index is 13.2. The molecule has 154 valence electrons. The monoisotopic (exact) mass is 495 g/mol. The van der Waals surface area contributed by atoms with Crippen LogP contribution < -0.4 is 10.5 Å². The van der Waals surface area contributed by atoms with Crippen molar-refractivity contribution in [1.82, 2.24) is 0 Å². The summed E-state index contributed by atoms with van der Waals surface area (Å²) >= 11 is 24.0. The summed E-state index contributed by atoms with van der Waals surface area (Å²) in [6.07, 6.45) is -4.82. The molecule has 2 amide bonds. The zero-order chi connectivity index (χ0) is 22.1. The fourth-order valence-corrected chi connectivity index (χ4v) is 4.12. The highest BCUT2D eigenvalue weighted by Gasteiger charge is 2.43. The Morgan fingerprint density at radius 2 is 1.33 bits per heavy atom. The first-order valence-corrected chi connectivity index (χ1v) is 9.34. The van der Waals surface area contributed by atoms with Crippen LogP contribution in [0.15, 0.2) is 33.5 Å². The van der Waals surface area contributed by atoms with Crippen molar-refractivity contribution in [3.63, 3.8) is 0 Å². The van der Waals surface area contributed by atoms with Crippen LogP contribution in [-0.2, 0) is 6.18 Å². The quantitative estimate of drug-likeness (QED) is 0.173. The highest BCUT2D eigenvalue weighted by Crippen LogP contribution is 2.46. The third-order valence-corrected chi connectivity index (χ3v) is 6.19. The molecule has 0 radical (unpaired) electrons. The maximum atomic E-state index is 13.2. The van der Waals surface area contributed by atoms with Gasteiger partial charge in [0.15, 0.2) is 0 Å². The Balaban J connectivity index is 1.93. The number of anilines is 1. The molecule has 3 aromatic rings. The Morgan fingerprint density at radius 3 is 1.83 bits per heavy atom. The summed E-state index contributed by atoms with van der Waals surface area (Å²) in [5, 5.41) is -1.49. The lowest BCUT2D eigenvalue weighted by Crippen LogP contribution is -2.29. The van der Waals surface area contributed by atoms with Gasteiger partial charge in [-0.3, -0.25) is 9.59 Å². The van der Waals surface area contributed by atoms with Crippen LogP contribution in [0.2, 0.25) is 20.1 Å². The molecule has 30 heavy (non-hydrogen) atoms. The predicted octanol–water partition coefficient (Wildman–Crippen LogP) is 6.23. The summed E-state index contributed by atoms with van der Waals surface area (Å²) < 4.78 is 44.5. The fraction of sp³-hybridized carbons (Fsp3) is 0.0556. The summed E-state index contributed by atoms with van der Waals surface area (Å²) in [5.41, 5.74) is -3.71. The van der Waals surface area contributed by atoms with Crippen LogP contribution in [0.25, 0.3) is 11.0 Å². The van der Waals surface area contributed by atoms with E-state index in [9.17, 15) is 27.6 Å². The second-order valence-corrected chi connectivity index (χ2v) is 7.62. The average Bonchev–Trinajstić information content (AvgIpc) is 2.93. The van der Waals surface area contributed by atoms with E-state index in [4.69, 9.17) is 50.8 Å². The zero-order valence-corrected chi connectivity index (χ0v) is 17.1. The Kier molecular flexibility index (Phi) is 4.81. The van der Waals surface area contributed by atoms with Crippen LogP contribution in [0.4, 0.5) is 18.9 Å². The van der Waals surface area contributed by atoms with E-state index in [2.05, 4.69) is 0 Å². The van der Waals surface area contributed by atoms with Gasteiger partial charge >= 0.3 is 11.8 Å². The summed E-state index contributed by atoms with van der Waals surface area (Å²) in [4.78, 5) is 37.9. The van der Waals surface area contributed by atoms with Gasteiger partial charge in [0, 0.05) is 17.5 Å². The molecule has 0 spiro atoms. The second kappa shape index (κ2) is 6.88. The van der Waals surface area contributed by atoms with Crippen molar-refractivity contribution in [2.75, 3.05) is 4.90 Å².